The Hall–Kier alpha value is -1.92. The van der Waals surface area contributed by atoms with Gasteiger partial charge < -0.3 is 10.5 Å². The summed E-state index contributed by atoms with van der Waals surface area (Å²) in [6.45, 7) is 0. The summed E-state index contributed by atoms with van der Waals surface area (Å²) < 4.78 is 5.66. The van der Waals surface area contributed by atoms with Crippen molar-refractivity contribution >= 4 is 11.6 Å². The Morgan fingerprint density at radius 2 is 1.90 bits per heavy atom. The number of rotatable bonds is 1. The highest BCUT2D eigenvalue weighted by Crippen LogP contribution is 2.44. The molecule has 20 heavy (non-hydrogen) atoms. The predicted molar refractivity (Wildman–Crippen MR) is 77.6 cm³/mol. The van der Waals surface area contributed by atoms with Crippen molar-refractivity contribution in [1.29, 1.82) is 5.26 Å². The summed E-state index contributed by atoms with van der Waals surface area (Å²) in [5, 5.41) is 10.1. The van der Waals surface area contributed by atoms with Crippen LogP contribution in [0, 0.1) is 11.3 Å². The largest absolute Gasteiger partial charge is 0.445 e. The van der Waals surface area contributed by atoms with Gasteiger partial charge in [0.2, 0.25) is 5.88 Å². The Bertz CT molecular complexity index is 637. The van der Waals surface area contributed by atoms with E-state index >= 15 is 0 Å². The fourth-order valence-electron chi connectivity index (χ4n) is 2.97. The van der Waals surface area contributed by atoms with Gasteiger partial charge in [0.15, 0.2) is 0 Å². The Morgan fingerprint density at radius 3 is 2.60 bits per heavy atom. The van der Waals surface area contributed by atoms with Crippen LogP contribution in [0.4, 0.5) is 0 Å². The maximum absolute atomic E-state index is 9.42. The highest BCUT2D eigenvalue weighted by atomic mass is 35.5. The molecule has 0 saturated heterocycles. The average molecular weight is 287 g/mol. The number of nitrogens with two attached hydrogens (primary N) is 1. The van der Waals surface area contributed by atoms with Gasteiger partial charge in [-0.3, -0.25) is 0 Å². The van der Waals surface area contributed by atoms with E-state index in [1.165, 1.54) is 5.57 Å². The lowest BCUT2D eigenvalue weighted by atomic mass is 9.78. The molecule has 1 atom stereocenters. The van der Waals surface area contributed by atoms with Crippen molar-refractivity contribution < 1.29 is 4.74 Å². The monoisotopic (exact) mass is 286 g/mol. The summed E-state index contributed by atoms with van der Waals surface area (Å²) in [7, 11) is 0. The summed E-state index contributed by atoms with van der Waals surface area (Å²) in [6, 6.07) is 9.83. The van der Waals surface area contributed by atoms with E-state index in [4.69, 9.17) is 22.1 Å². The van der Waals surface area contributed by atoms with E-state index in [9.17, 15) is 5.26 Å². The SMILES string of the molecule is N#CC1=C(N)OC2=C(CCCC2)C1c1ccc(Cl)cc1. The normalized spacial score (nSPS) is 22.1. The van der Waals surface area contributed by atoms with Gasteiger partial charge >= 0.3 is 0 Å². The van der Waals surface area contributed by atoms with E-state index < -0.39 is 0 Å². The maximum Gasteiger partial charge on any atom is 0.205 e. The smallest absolute Gasteiger partial charge is 0.205 e. The Labute approximate surface area is 123 Å². The van der Waals surface area contributed by atoms with Crippen molar-refractivity contribution in [3.05, 3.63) is 57.6 Å². The van der Waals surface area contributed by atoms with Crippen LogP contribution in [0.1, 0.15) is 37.2 Å². The van der Waals surface area contributed by atoms with Crippen LogP contribution in [0.2, 0.25) is 5.02 Å². The number of nitrogens with zero attached hydrogens (tertiary/aromatic N) is 1. The van der Waals surface area contributed by atoms with E-state index in [0.29, 0.717) is 10.6 Å². The quantitative estimate of drug-likeness (QED) is 0.849. The average Bonchev–Trinajstić information content (AvgIpc) is 2.47. The molecule has 0 bridgehead atoms. The summed E-state index contributed by atoms with van der Waals surface area (Å²) in [5.74, 6) is 1.11. The van der Waals surface area contributed by atoms with E-state index in [0.717, 1.165) is 37.0 Å². The van der Waals surface area contributed by atoms with Crippen LogP contribution in [0.5, 0.6) is 0 Å². The molecule has 0 radical (unpaired) electrons. The molecule has 3 rings (SSSR count). The first kappa shape index (κ1) is 13.1. The number of ether oxygens (including phenoxy) is 1. The maximum atomic E-state index is 9.42. The fraction of sp³-hybridized carbons (Fsp3) is 0.312. The van der Waals surface area contributed by atoms with E-state index in [1.54, 1.807) is 0 Å². The number of halogens is 1. The van der Waals surface area contributed by atoms with Gasteiger partial charge in [-0.05, 0) is 42.5 Å². The summed E-state index contributed by atoms with van der Waals surface area (Å²) in [4.78, 5) is 0. The second-order valence-corrected chi connectivity index (χ2v) is 5.57. The summed E-state index contributed by atoms with van der Waals surface area (Å²) >= 11 is 5.95. The van der Waals surface area contributed by atoms with Gasteiger partial charge in [0, 0.05) is 17.4 Å². The first-order valence-electron chi connectivity index (χ1n) is 6.75. The van der Waals surface area contributed by atoms with Gasteiger partial charge in [-0.2, -0.15) is 5.26 Å². The van der Waals surface area contributed by atoms with Gasteiger partial charge in [-0.25, -0.2) is 0 Å². The highest BCUT2D eigenvalue weighted by molar-refractivity contribution is 6.30. The first-order chi connectivity index (χ1) is 9.70. The molecule has 0 fully saturated rings. The van der Waals surface area contributed by atoms with Crippen LogP contribution in [0.25, 0.3) is 0 Å². The van der Waals surface area contributed by atoms with Crippen molar-refractivity contribution in [2.75, 3.05) is 0 Å². The van der Waals surface area contributed by atoms with Crippen molar-refractivity contribution in [1.82, 2.24) is 0 Å². The standard InChI is InChI=1S/C16H15ClN2O/c17-11-7-5-10(6-8-11)15-12-3-1-2-4-14(12)20-16(19)13(15)9-18/h5-8,15H,1-4,19H2. The Morgan fingerprint density at radius 1 is 1.20 bits per heavy atom. The third kappa shape index (κ3) is 2.17. The van der Waals surface area contributed by atoms with Gasteiger partial charge in [0.05, 0.1) is 0 Å². The van der Waals surface area contributed by atoms with Crippen LogP contribution < -0.4 is 5.73 Å². The molecule has 1 unspecified atom stereocenters. The van der Waals surface area contributed by atoms with Crippen LogP contribution >= 0.6 is 11.6 Å². The number of benzene rings is 1. The molecule has 0 aromatic heterocycles. The minimum absolute atomic E-state index is 0.0821. The molecule has 1 aromatic carbocycles. The second-order valence-electron chi connectivity index (χ2n) is 5.13. The lowest BCUT2D eigenvalue weighted by Crippen LogP contribution is -2.22. The molecule has 1 heterocycles. The second kappa shape index (κ2) is 5.22. The molecule has 0 amide bonds. The van der Waals surface area contributed by atoms with E-state index in [1.807, 2.05) is 24.3 Å². The minimum atomic E-state index is -0.0821. The van der Waals surface area contributed by atoms with E-state index in [-0.39, 0.29) is 11.8 Å². The fourth-order valence-corrected chi connectivity index (χ4v) is 3.10. The van der Waals surface area contributed by atoms with Crippen molar-refractivity contribution in [2.24, 2.45) is 5.73 Å². The molecule has 1 aromatic rings. The van der Waals surface area contributed by atoms with Crippen molar-refractivity contribution in [2.45, 2.75) is 31.6 Å². The zero-order valence-electron chi connectivity index (χ0n) is 11.0. The third-order valence-corrected chi connectivity index (χ3v) is 4.17. The highest BCUT2D eigenvalue weighted by Gasteiger charge is 2.33. The van der Waals surface area contributed by atoms with Gasteiger partial charge in [0.1, 0.15) is 17.4 Å². The molecular weight excluding hydrogens is 272 g/mol. The van der Waals surface area contributed by atoms with Gasteiger partial charge in [-0.1, -0.05) is 23.7 Å². The third-order valence-electron chi connectivity index (χ3n) is 3.92. The molecule has 2 aliphatic rings. The number of nitriles is 1. The van der Waals surface area contributed by atoms with Gasteiger partial charge in [0.25, 0.3) is 0 Å². The molecule has 3 nitrogen and oxygen atoms in total. The molecule has 102 valence electrons. The van der Waals surface area contributed by atoms with Crippen molar-refractivity contribution in [3.8, 4) is 6.07 Å². The molecule has 2 N–H and O–H groups in total. The zero-order chi connectivity index (χ0) is 14.1. The van der Waals surface area contributed by atoms with Crippen LogP contribution in [-0.4, -0.2) is 0 Å². The molecular formula is C16H15ClN2O. The number of allylic oxidation sites excluding steroid dienone is 3. The number of hydrogen-bond donors (Lipinski definition) is 1. The summed E-state index contributed by atoms with van der Waals surface area (Å²) in [5.41, 5.74) is 8.68. The van der Waals surface area contributed by atoms with E-state index in [2.05, 4.69) is 6.07 Å². The lowest BCUT2D eigenvalue weighted by molar-refractivity contribution is 0.251. The van der Waals surface area contributed by atoms with Gasteiger partial charge in [-0.15, -0.1) is 0 Å². The Kier molecular flexibility index (Phi) is 3.42. The summed E-state index contributed by atoms with van der Waals surface area (Å²) in [6.07, 6.45) is 4.10. The minimum Gasteiger partial charge on any atom is -0.445 e. The molecule has 4 heteroatoms. The first-order valence-corrected chi connectivity index (χ1v) is 7.13. The Balaban J connectivity index is 2.11. The number of hydrogen-bond acceptors (Lipinski definition) is 3. The zero-order valence-corrected chi connectivity index (χ0v) is 11.8. The topological polar surface area (TPSA) is 59.0 Å². The lowest BCUT2D eigenvalue weighted by Gasteiger charge is -2.32. The van der Waals surface area contributed by atoms with Crippen LogP contribution in [0.15, 0.2) is 47.1 Å². The molecule has 0 spiro atoms. The van der Waals surface area contributed by atoms with Crippen molar-refractivity contribution in [3.63, 3.8) is 0 Å². The molecule has 1 aliphatic heterocycles. The van der Waals surface area contributed by atoms with Crippen LogP contribution in [0.3, 0.4) is 0 Å². The predicted octanol–water partition coefficient (Wildman–Crippen LogP) is 3.98. The molecule has 1 aliphatic carbocycles. The molecule has 0 saturated carbocycles. The van der Waals surface area contributed by atoms with Crippen LogP contribution in [-0.2, 0) is 4.74 Å².